The Bertz CT molecular complexity index is 424. The normalized spacial score (nSPS) is 25.9. The summed E-state index contributed by atoms with van der Waals surface area (Å²) in [6.07, 6.45) is 0.807. The van der Waals surface area contributed by atoms with E-state index in [1.54, 1.807) is 0 Å². The van der Waals surface area contributed by atoms with Crippen molar-refractivity contribution in [1.82, 2.24) is 0 Å². The molecule has 2 rings (SSSR count). The lowest BCUT2D eigenvalue weighted by Crippen LogP contribution is -2.47. The quantitative estimate of drug-likeness (QED) is 0.857. The van der Waals surface area contributed by atoms with E-state index in [4.69, 9.17) is 15.2 Å². The van der Waals surface area contributed by atoms with E-state index in [0.29, 0.717) is 6.61 Å². The molecule has 2 N–H and O–H groups in total. The highest BCUT2D eigenvalue weighted by Gasteiger charge is 2.39. The molecule has 94 valence electrons. The molecular formula is C14H21NO2. The number of nitrogens with two attached hydrogens (primary N) is 1. The Labute approximate surface area is 103 Å². The second kappa shape index (κ2) is 3.91. The third kappa shape index (κ3) is 2.39. The number of hydrogen-bond donors (Lipinski definition) is 1. The van der Waals surface area contributed by atoms with Gasteiger partial charge in [-0.2, -0.15) is 0 Å². The van der Waals surface area contributed by atoms with Crippen molar-refractivity contribution in [2.75, 3.05) is 6.61 Å². The van der Waals surface area contributed by atoms with Crippen LogP contribution in [0.3, 0.4) is 0 Å². The summed E-state index contributed by atoms with van der Waals surface area (Å²) >= 11 is 0. The van der Waals surface area contributed by atoms with Crippen LogP contribution in [0.25, 0.3) is 0 Å². The topological polar surface area (TPSA) is 44.5 Å². The van der Waals surface area contributed by atoms with Crippen LogP contribution in [-0.4, -0.2) is 12.2 Å². The molecule has 0 saturated carbocycles. The average molecular weight is 235 g/mol. The lowest BCUT2D eigenvalue weighted by molar-refractivity contribution is 0.0499. The van der Waals surface area contributed by atoms with Gasteiger partial charge in [-0.3, -0.25) is 0 Å². The van der Waals surface area contributed by atoms with Crippen molar-refractivity contribution in [2.45, 2.75) is 45.3 Å². The fourth-order valence-electron chi connectivity index (χ4n) is 2.63. The predicted molar refractivity (Wildman–Crippen MR) is 68.5 cm³/mol. The van der Waals surface area contributed by atoms with Crippen molar-refractivity contribution in [2.24, 2.45) is 5.73 Å². The molecule has 0 spiro atoms. The van der Waals surface area contributed by atoms with Crippen LogP contribution in [-0.2, 0) is 5.54 Å². The fourth-order valence-corrected chi connectivity index (χ4v) is 2.63. The summed E-state index contributed by atoms with van der Waals surface area (Å²) in [6, 6.07) is 5.90. The Morgan fingerprint density at radius 2 is 2.06 bits per heavy atom. The molecule has 17 heavy (non-hydrogen) atoms. The summed E-state index contributed by atoms with van der Waals surface area (Å²) in [6.45, 7) is 8.80. The van der Waals surface area contributed by atoms with Gasteiger partial charge in [0, 0.05) is 23.6 Å². The minimum Gasteiger partial charge on any atom is -0.494 e. The van der Waals surface area contributed by atoms with Gasteiger partial charge in [-0.15, -0.1) is 0 Å². The SMILES string of the molecule is CCOc1ccc2c(c1)OC(C)(C)CC2(C)N. The van der Waals surface area contributed by atoms with E-state index >= 15 is 0 Å². The summed E-state index contributed by atoms with van der Waals surface area (Å²) in [7, 11) is 0. The highest BCUT2D eigenvalue weighted by Crippen LogP contribution is 2.43. The summed E-state index contributed by atoms with van der Waals surface area (Å²) in [5.74, 6) is 1.68. The molecule has 0 fully saturated rings. The van der Waals surface area contributed by atoms with Crippen molar-refractivity contribution in [3.8, 4) is 11.5 Å². The predicted octanol–water partition coefficient (Wildman–Crippen LogP) is 2.82. The van der Waals surface area contributed by atoms with Gasteiger partial charge in [-0.1, -0.05) is 0 Å². The fraction of sp³-hybridized carbons (Fsp3) is 0.571. The van der Waals surface area contributed by atoms with Gasteiger partial charge in [-0.05, 0) is 39.8 Å². The average Bonchev–Trinajstić information content (AvgIpc) is 2.13. The van der Waals surface area contributed by atoms with E-state index in [1.807, 2.05) is 25.1 Å². The van der Waals surface area contributed by atoms with E-state index < -0.39 is 0 Å². The number of ether oxygens (including phenoxy) is 2. The standard InChI is InChI=1S/C14H21NO2/c1-5-16-10-6-7-11-12(8-10)17-13(2,3)9-14(11,4)15/h6-8H,5,9,15H2,1-4H3. The van der Waals surface area contributed by atoms with Gasteiger partial charge in [0.15, 0.2) is 0 Å². The van der Waals surface area contributed by atoms with E-state index in [1.165, 1.54) is 0 Å². The Morgan fingerprint density at radius 3 is 2.71 bits per heavy atom. The third-order valence-corrected chi connectivity index (χ3v) is 3.06. The number of benzene rings is 1. The maximum atomic E-state index is 6.37. The highest BCUT2D eigenvalue weighted by atomic mass is 16.5. The number of fused-ring (bicyclic) bond motifs is 1. The molecule has 0 radical (unpaired) electrons. The molecule has 1 aliphatic heterocycles. The van der Waals surface area contributed by atoms with Gasteiger partial charge >= 0.3 is 0 Å². The minimum atomic E-state index is -0.345. The summed E-state index contributed by atoms with van der Waals surface area (Å²) < 4.78 is 11.5. The Balaban J connectivity index is 2.43. The first-order valence-electron chi connectivity index (χ1n) is 6.09. The molecule has 0 bridgehead atoms. The van der Waals surface area contributed by atoms with Crippen molar-refractivity contribution < 1.29 is 9.47 Å². The van der Waals surface area contributed by atoms with E-state index in [9.17, 15) is 0 Å². The first-order chi connectivity index (χ1) is 7.84. The maximum absolute atomic E-state index is 6.37. The van der Waals surface area contributed by atoms with Gasteiger partial charge in [0.1, 0.15) is 17.1 Å². The molecule has 3 heteroatoms. The highest BCUT2D eigenvalue weighted by molar-refractivity contribution is 5.46. The van der Waals surface area contributed by atoms with Crippen molar-refractivity contribution in [3.05, 3.63) is 23.8 Å². The van der Waals surface area contributed by atoms with Crippen molar-refractivity contribution in [3.63, 3.8) is 0 Å². The number of rotatable bonds is 2. The van der Waals surface area contributed by atoms with E-state index in [2.05, 4.69) is 20.8 Å². The lowest BCUT2D eigenvalue weighted by atomic mass is 9.80. The van der Waals surface area contributed by atoms with Crippen LogP contribution in [0.4, 0.5) is 0 Å². The van der Waals surface area contributed by atoms with Crippen LogP contribution in [0.1, 0.15) is 39.7 Å². The Morgan fingerprint density at radius 1 is 1.35 bits per heavy atom. The number of hydrogen-bond acceptors (Lipinski definition) is 3. The molecular weight excluding hydrogens is 214 g/mol. The molecule has 0 aromatic heterocycles. The lowest BCUT2D eigenvalue weighted by Gasteiger charge is -2.42. The first kappa shape index (κ1) is 12.2. The Hall–Kier alpha value is -1.22. The molecule has 1 unspecified atom stereocenters. The van der Waals surface area contributed by atoms with E-state index in [0.717, 1.165) is 23.5 Å². The summed E-state index contributed by atoms with van der Waals surface area (Å²) in [4.78, 5) is 0. The largest absolute Gasteiger partial charge is 0.494 e. The molecule has 1 aromatic rings. The van der Waals surface area contributed by atoms with Crippen molar-refractivity contribution >= 4 is 0 Å². The zero-order valence-electron chi connectivity index (χ0n) is 11.0. The van der Waals surface area contributed by atoms with Crippen LogP contribution in [0.2, 0.25) is 0 Å². The second-order valence-corrected chi connectivity index (χ2v) is 5.55. The minimum absolute atomic E-state index is 0.235. The van der Waals surface area contributed by atoms with Crippen molar-refractivity contribution in [1.29, 1.82) is 0 Å². The molecule has 1 atom stereocenters. The van der Waals surface area contributed by atoms with Gasteiger partial charge in [-0.25, -0.2) is 0 Å². The Kier molecular flexibility index (Phi) is 2.82. The molecule has 1 heterocycles. The van der Waals surface area contributed by atoms with Gasteiger partial charge in [0.25, 0.3) is 0 Å². The van der Waals surface area contributed by atoms with E-state index in [-0.39, 0.29) is 11.1 Å². The third-order valence-electron chi connectivity index (χ3n) is 3.06. The molecule has 3 nitrogen and oxygen atoms in total. The second-order valence-electron chi connectivity index (χ2n) is 5.55. The van der Waals surface area contributed by atoms with Gasteiger partial charge < -0.3 is 15.2 Å². The molecule has 0 saturated heterocycles. The molecule has 0 amide bonds. The first-order valence-corrected chi connectivity index (χ1v) is 6.09. The maximum Gasteiger partial charge on any atom is 0.128 e. The molecule has 1 aromatic carbocycles. The molecule has 0 aliphatic carbocycles. The van der Waals surface area contributed by atoms with Crippen LogP contribution in [0.5, 0.6) is 11.5 Å². The summed E-state index contributed by atoms with van der Waals surface area (Å²) in [5, 5.41) is 0. The van der Waals surface area contributed by atoms with Crippen LogP contribution < -0.4 is 15.2 Å². The zero-order chi connectivity index (χ0) is 12.7. The van der Waals surface area contributed by atoms with Crippen LogP contribution in [0, 0.1) is 0 Å². The monoisotopic (exact) mass is 235 g/mol. The summed E-state index contributed by atoms with van der Waals surface area (Å²) in [5.41, 5.74) is 6.84. The van der Waals surface area contributed by atoms with Gasteiger partial charge in [0.05, 0.1) is 6.61 Å². The molecule has 1 aliphatic rings. The smallest absolute Gasteiger partial charge is 0.128 e. The van der Waals surface area contributed by atoms with Gasteiger partial charge in [0.2, 0.25) is 0 Å². The van der Waals surface area contributed by atoms with Crippen LogP contribution in [0.15, 0.2) is 18.2 Å². The zero-order valence-corrected chi connectivity index (χ0v) is 11.0. The van der Waals surface area contributed by atoms with Crippen LogP contribution >= 0.6 is 0 Å².